The third-order valence-electron chi connectivity index (χ3n) is 3.85. The van der Waals surface area contributed by atoms with Gasteiger partial charge in [-0.05, 0) is 42.0 Å². The number of rotatable bonds is 6. The van der Waals surface area contributed by atoms with Crippen molar-refractivity contribution < 1.29 is 37.3 Å². The molecule has 1 heterocycles. The zero-order valence-corrected chi connectivity index (χ0v) is 14.9. The summed E-state index contributed by atoms with van der Waals surface area (Å²) in [6.07, 6.45) is 2.59. The fraction of sp³-hybridized carbons (Fsp3) is 0.200. The van der Waals surface area contributed by atoms with Crippen LogP contribution in [0.15, 0.2) is 36.4 Å². The first-order valence-electron chi connectivity index (χ1n) is 8.28. The number of hydrogen-bond acceptors (Lipinski definition) is 6. The minimum Gasteiger partial charge on any atom is -0.493 e. The molecule has 2 aromatic rings. The van der Waals surface area contributed by atoms with Crippen LogP contribution in [0.3, 0.4) is 0 Å². The summed E-state index contributed by atoms with van der Waals surface area (Å²) in [6.45, 7) is 0.215. The lowest BCUT2D eigenvalue weighted by molar-refractivity contribution is -0.136. The second-order valence-electron chi connectivity index (χ2n) is 5.74. The molecule has 0 saturated carbocycles. The Hall–Kier alpha value is -3.42. The maximum atomic E-state index is 13.2. The van der Waals surface area contributed by atoms with Crippen molar-refractivity contribution in [2.24, 2.45) is 0 Å². The van der Waals surface area contributed by atoms with Gasteiger partial charge in [-0.15, -0.1) is 0 Å². The summed E-state index contributed by atoms with van der Waals surface area (Å²) in [7, 11) is 1.49. The Morgan fingerprint density at radius 2 is 1.89 bits per heavy atom. The number of benzene rings is 2. The third kappa shape index (κ3) is 4.46. The zero-order valence-electron chi connectivity index (χ0n) is 14.9. The van der Waals surface area contributed by atoms with Crippen molar-refractivity contribution in [1.82, 2.24) is 0 Å². The first-order chi connectivity index (χ1) is 13.5. The van der Waals surface area contributed by atoms with E-state index in [0.717, 1.165) is 24.3 Å². The minimum atomic E-state index is -1.15. The van der Waals surface area contributed by atoms with Crippen LogP contribution in [0.1, 0.15) is 15.9 Å². The molecule has 0 bridgehead atoms. The van der Waals surface area contributed by atoms with Crippen LogP contribution in [0.2, 0.25) is 0 Å². The molecule has 0 N–H and O–H groups in total. The fourth-order valence-electron chi connectivity index (χ4n) is 2.49. The highest BCUT2D eigenvalue weighted by Gasteiger charge is 2.18. The van der Waals surface area contributed by atoms with Gasteiger partial charge in [0.2, 0.25) is 5.75 Å². The van der Waals surface area contributed by atoms with E-state index < -0.39 is 30.0 Å². The Balaban J connectivity index is 1.62. The van der Waals surface area contributed by atoms with Crippen LogP contribution in [-0.4, -0.2) is 38.7 Å². The molecule has 8 heteroatoms. The molecular weight excluding hydrogens is 374 g/mol. The highest BCUT2D eigenvalue weighted by atomic mass is 19.2. The molecule has 28 heavy (non-hydrogen) atoms. The molecule has 0 atom stereocenters. The molecule has 146 valence electrons. The van der Waals surface area contributed by atoms with Crippen molar-refractivity contribution >= 4 is 17.8 Å². The summed E-state index contributed by atoms with van der Waals surface area (Å²) in [5.74, 6) is -2.20. The Morgan fingerprint density at radius 3 is 2.64 bits per heavy atom. The van der Waals surface area contributed by atoms with Gasteiger partial charge in [0.15, 0.2) is 35.5 Å². The topological polar surface area (TPSA) is 71.1 Å². The monoisotopic (exact) mass is 390 g/mol. The first kappa shape index (κ1) is 19.3. The Morgan fingerprint density at radius 1 is 1.11 bits per heavy atom. The SMILES string of the molecule is COc1cc(/C=C/C(=O)OCC(=O)c2ccc(F)c(F)c2)cc2c1OCCO2. The number of ether oxygens (including phenoxy) is 4. The second kappa shape index (κ2) is 8.51. The summed E-state index contributed by atoms with van der Waals surface area (Å²) in [5.41, 5.74) is 0.511. The molecule has 0 saturated heterocycles. The molecule has 0 amide bonds. The van der Waals surface area contributed by atoms with Gasteiger partial charge in [0.1, 0.15) is 13.2 Å². The van der Waals surface area contributed by atoms with Crippen LogP contribution in [0.25, 0.3) is 6.08 Å². The molecule has 1 aliphatic heterocycles. The van der Waals surface area contributed by atoms with E-state index in [-0.39, 0.29) is 5.56 Å². The molecule has 3 rings (SSSR count). The van der Waals surface area contributed by atoms with Crippen molar-refractivity contribution in [3.63, 3.8) is 0 Å². The molecule has 0 radical (unpaired) electrons. The second-order valence-corrected chi connectivity index (χ2v) is 5.74. The Bertz CT molecular complexity index is 921. The van der Waals surface area contributed by atoms with E-state index in [4.69, 9.17) is 18.9 Å². The van der Waals surface area contributed by atoms with E-state index >= 15 is 0 Å². The molecule has 0 unspecified atom stereocenters. The van der Waals surface area contributed by atoms with Gasteiger partial charge in [-0.25, -0.2) is 13.6 Å². The van der Waals surface area contributed by atoms with E-state index in [0.29, 0.717) is 36.0 Å². The standard InChI is InChI=1S/C20H16F2O6/c1-25-17-8-12(9-18-20(17)27-7-6-26-18)2-5-19(24)28-11-16(23)13-3-4-14(21)15(22)10-13/h2-5,8-10H,6-7,11H2,1H3/b5-2+. The minimum absolute atomic E-state index is 0.0905. The van der Waals surface area contributed by atoms with Crippen LogP contribution in [-0.2, 0) is 9.53 Å². The third-order valence-corrected chi connectivity index (χ3v) is 3.85. The molecule has 1 aliphatic rings. The van der Waals surface area contributed by atoms with Crippen LogP contribution >= 0.6 is 0 Å². The van der Waals surface area contributed by atoms with Crippen molar-refractivity contribution in [1.29, 1.82) is 0 Å². The molecule has 0 aromatic heterocycles. The lowest BCUT2D eigenvalue weighted by Gasteiger charge is -2.20. The van der Waals surface area contributed by atoms with E-state index in [2.05, 4.69) is 0 Å². The summed E-state index contributed by atoms with van der Waals surface area (Å²) in [5, 5.41) is 0. The average Bonchev–Trinajstić information content (AvgIpc) is 2.71. The summed E-state index contributed by atoms with van der Waals surface area (Å²) in [4.78, 5) is 23.7. The van der Waals surface area contributed by atoms with Crippen LogP contribution in [0.4, 0.5) is 8.78 Å². The summed E-state index contributed by atoms with van der Waals surface area (Å²) < 4.78 is 47.1. The molecule has 0 fully saturated rings. The number of methoxy groups -OCH3 is 1. The Kier molecular flexibility index (Phi) is 5.88. The number of halogens is 2. The van der Waals surface area contributed by atoms with E-state index in [1.165, 1.54) is 13.2 Å². The maximum Gasteiger partial charge on any atom is 0.331 e. The lowest BCUT2D eigenvalue weighted by atomic mass is 10.1. The summed E-state index contributed by atoms with van der Waals surface area (Å²) >= 11 is 0. The highest BCUT2D eigenvalue weighted by molar-refractivity contribution is 5.98. The number of fused-ring (bicyclic) bond motifs is 1. The molecular formula is C20H16F2O6. The lowest BCUT2D eigenvalue weighted by Crippen LogP contribution is -2.16. The van der Waals surface area contributed by atoms with Crippen molar-refractivity contribution in [2.75, 3.05) is 26.9 Å². The quantitative estimate of drug-likeness (QED) is 0.429. The summed E-state index contributed by atoms with van der Waals surface area (Å²) in [6, 6.07) is 6.03. The Labute approximate surface area is 159 Å². The van der Waals surface area contributed by atoms with E-state index in [9.17, 15) is 18.4 Å². The van der Waals surface area contributed by atoms with Crippen molar-refractivity contribution in [3.05, 3.63) is 59.2 Å². The zero-order chi connectivity index (χ0) is 20.1. The molecule has 0 spiro atoms. The number of carbonyl (C=O) groups excluding carboxylic acids is 2. The van der Waals surface area contributed by atoms with Crippen molar-refractivity contribution in [3.8, 4) is 17.2 Å². The highest BCUT2D eigenvalue weighted by Crippen LogP contribution is 2.40. The molecule has 6 nitrogen and oxygen atoms in total. The van der Waals surface area contributed by atoms with Gasteiger partial charge in [0.05, 0.1) is 7.11 Å². The van der Waals surface area contributed by atoms with Gasteiger partial charge in [0, 0.05) is 11.6 Å². The molecule has 0 aliphatic carbocycles. The van der Waals surface area contributed by atoms with Gasteiger partial charge in [0.25, 0.3) is 0 Å². The number of esters is 1. The normalized spacial score (nSPS) is 12.7. The molecule has 2 aromatic carbocycles. The van der Waals surface area contributed by atoms with Crippen molar-refractivity contribution in [2.45, 2.75) is 0 Å². The smallest absolute Gasteiger partial charge is 0.331 e. The van der Waals surface area contributed by atoms with Gasteiger partial charge < -0.3 is 18.9 Å². The first-order valence-corrected chi connectivity index (χ1v) is 8.28. The van der Waals surface area contributed by atoms with Gasteiger partial charge >= 0.3 is 5.97 Å². The number of Topliss-reactive ketones (excluding diaryl/α,β-unsaturated/α-hetero) is 1. The van der Waals surface area contributed by atoms with Crippen LogP contribution in [0.5, 0.6) is 17.2 Å². The maximum absolute atomic E-state index is 13.2. The number of carbonyl (C=O) groups is 2. The number of hydrogen-bond donors (Lipinski definition) is 0. The van der Waals surface area contributed by atoms with Gasteiger partial charge in [-0.1, -0.05) is 0 Å². The number of ketones is 1. The van der Waals surface area contributed by atoms with E-state index in [1.807, 2.05) is 0 Å². The van der Waals surface area contributed by atoms with Crippen LogP contribution in [0, 0.1) is 11.6 Å². The van der Waals surface area contributed by atoms with Gasteiger partial charge in [-0.2, -0.15) is 0 Å². The predicted octanol–water partition coefficient (Wildman–Crippen LogP) is 3.18. The average molecular weight is 390 g/mol. The van der Waals surface area contributed by atoms with Gasteiger partial charge in [-0.3, -0.25) is 4.79 Å². The fourth-order valence-corrected chi connectivity index (χ4v) is 2.49. The van der Waals surface area contributed by atoms with Crippen LogP contribution < -0.4 is 14.2 Å². The largest absolute Gasteiger partial charge is 0.493 e. The predicted molar refractivity (Wildman–Crippen MR) is 94.7 cm³/mol. The van der Waals surface area contributed by atoms with E-state index in [1.54, 1.807) is 12.1 Å².